The first-order chi connectivity index (χ1) is 16.6. The van der Waals surface area contributed by atoms with Crippen LogP contribution in [0.15, 0.2) is 84.9 Å². The van der Waals surface area contributed by atoms with Crippen LogP contribution < -0.4 is 10.6 Å². The molecule has 3 aromatic carbocycles. The highest BCUT2D eigenvalue weighted by molar-refractivity contribution is 6.04. The summed E-state index contributed by atoms with van der Waals surface area (Å²) >= 11 is 0. The van der Waals surface area contributed by atoms with E-state index in [0.717, 1.165) is 16.9 Å². The molecule has 34 heavy (non-hydrogen) atoms. The molecular formula is C27H27N3O4. The molecule has 0 saturated carbocycles. The largest absolute Gasteiger partial charge is 0.461 e. The van der Waals surface area contributed by atoms with Gasteiger partial charge in [-0.15, -0.1) is 0 Å². The molecular weight excluding hydrogens is 430 g/mol. The quantitative estimate of drug-likeness (QED) is 0.514. The smallest absolute Gasteiger partial charge is 0.321 e. The molecule has 0 atom stereocenters. The lowest BCUT2D eigenvalue weighted by Gasteiger charge is -2.31. The lowest BCUT2D eigenvalue weighted by Crippen LogP contribution is -2.42. The van der Waals surface area contributed by atoms with Crippen molar-refractivity contribution in [1.29, 1.82) is 0 Å². The van der Waals surface area contributed by atoms with Crippen LogP contribution in [-0.4, -0.2) is 35.9 Å². The maximum atomic E-state index is 12.5. The third kappa shape index (κ3) is 6.22. The number of para-hydroxylation sites is 2. The zero-order chi connectivity index (χ0) is 23.8. The molecule has 174 valence electrons. The van der Waals surface area contributed by atoms with Gasteiger partial charge in [-0.1, -0.05) is 48.5 Å². The highest BCUT2D eigenvalue weighted by atomic mass is 16.5. The first-order valence-corrected chi connectivity index (χ1v) is 11.3. The van der Waals surface area contributed by atoms with Crippen molar-refractivity contribution in [3.05, 3.63) is 96.1 Å². The summed E-state index contributed by atoms with van der Waals surface area (Å²) in [6.45, 7) is 1.15. The van der Waals surface area contributed by atoms with Crippen molar-refractivity contribution >= 4 is 29.3 Å². The van der Waals surface area contributed by atoms with E-state index in [2.05, 4.69) is 10.6 Å². The standard InChI is InChI=1S/C27H27N3O4/c31-25(28-23-7-3-1-4-8-23)21-13-11-20(12-14-21)19-34-26(32)22-15-17-30(18-16-22)27(33)29-24-9-5-2-6-10-24/h1-14,22H,15-19H2,(H,28,31)(H,29,33). The maximum absolute atomic E-state index is 12.5. The normalized spacial score (nSPS) is 13.7. The third-order valence-electron chi connectivity index (χ3n) is 5.77. The van der Waals surface area contributed by atoms with Gasteiger partial charge in [0.15, 0.2) is 0 Å². The molecule has 7 nitrogen and oxygen atoms in total. The molecule has 0 aromatic heterocycles. The number of ether oxygens (including phenoxy) is 1. The number of hydrogen-bond acceptors (Lipinski definition) is 4. The summed E-state index contributed by atoms with van der Waals surface area (Å²) in [6.07, 6.45) is 1.14. The number of rotatable bonds is 6. The van der Waals surface area contributed by atoms with Crippen molar-refractivity contribution in [2.45, 2.75) is 19.4 Å². The summed E-state index contributed by atoms with van der Waals surface area (Å²) in [6, 6.07) is 25.4. The lowest BCUT2D eigenvalue weighted by atomic mass is 9.97. The first-order valence-electron chi connectivity index (χ1n) is 11.3. The number of anilines is 2. The Morgan fingerprint density at radius 2 is 1.32 bits per heavy atom. The summed E-state index contributed by atoms with van der Waals surface area (Å²) in [5, 5.41) is 5.71. The molecule has 1 fully saturated rings. The van der Waals surface area contributed by atoms with Crippen LogP contribution in [0.3, 0.4) is 0 Å². The van der Waals surface area contributed by atoms with E-state index < -0.39 is 0 Å². The highest BCUT2D eigenvalue weighted by Crippen LogP contribution is 2.20. The number of esters is 1. The summed E-state index contributed by atoms with van der Waals surface area (Å²) in [5.74, 6) is -0.677. The van der Waals surface area contributed by atoms with Crippen molar-refractivity contribution in [2.75, 3.05) is 23.7 Å². The number of likely N-dealkylation sites (tertiary alicyclic amines) is 1. The number of carbonyl (C=O) groups excluding carboxylic acids is 3. The number of amides is 3. The van der Waals surface area contributed by atoms with E-state index >= 15 is 0 Å². The molecule has 4 rings (SSSR count). The van der Waals surface area contributed by atoms with Crippen molar-refractivity contribution < 1.29 is 19.1 Å². The maximum Gasteiger partial charge on any atom is 0.321 e. The fraction of sp³-hybridized carbons (Fsp3) is 0.222. The molecule has 0 bridgehead atoms. The summed E-state index contributed by atoms with van der Waals surface area (Å²) in [4.78, 5) is 39.0. The Bertz CT molecular complexity index is 1110. The number of piperidine rings is 1. The minimum atomic E-state index is -0.256. The number of benzene rings is 3. The van der Waals surface area contributed by atoms with E-state index in [4.69, 9.17) is 4.74 Å². The minimum Gasteiger partial charge on any atom is -0.461 e. The molecule has 0 aliphatic carbocycles. The van der Waals surface area contributed by atoms with Gasteiger partial charge in [-0.3, -0.25) is 9.59 Å². The average molecular weight is 458 g/mol. The molecule has 1 aliphatic heterocycles. The van der Waals surface area contributed by atoms with Gasteiger partial charge < -0.3 is 20.3 Å². The first kappa shape index (κ1) is 23.0. The fourth-order valence-electron chi connectivity index (χ4n) is 3.79. The number of nitrogens with one attached hydrogen (secondary N) is 2. The predicted molar refractivity (Wildman–Crippen MR) is 130 cm³/mol. The van der Waals surface area contributed by atoms with Gasteiger partial charge >= 0.3 is 12.0 Å². The number of hydrogen-bond donors (Lipinski definition) is 2. The van der Waals surface area contributed by atoms with Crippen LogP contribution in [0.5, 0.6) is 0 Å². The Morgan fingerprint density at radius 3 is 1.91 bits per heavy atom. The monoisotopic (exact) mass is 457 g/mol. The van der Waals surface area contributed by atoms with Crippen LogP contribution >= 0.6 is 0 Å². The Labute approximate surface area is 198 Å². The van der Waals surface area contributed by atoms with Gasteiger partial charge in [-0.2, -0.15) is 0 Å². The zero-order valence-electron chi connectivity index (χ0n) is 18.8. The Kier molecular flexibility index (Phi) is 7.55. The SMILES string of the molecule is O=C(Nc1ccccc1)c1ccc(COC(=O)C2CCN(C(=O)Nc3ccccc3)CC2)cc1. The second-order valence-electron chi connectivity index (χ2n) is 8.18. The van der Waals surface area contributed by atoms with E-state index in [9.17, 15) is 14.4 Å². The highest BCUT2D eigenvalue weighted by Gasteiger charge is 2.28. The molecule has 2 N–H and O–H groups in total. The van der Waals surface area contributed by atoms with Gasteiger partial charge in [-0.25, -0.2) is 4.79 Å². The van der Waals surface area contributed by atoms with Gasteiger partial charge in [0.25, 0.3) is 5.91 Å². The second kappa shape index (κ2) is 11.1. The topological polar surface area (TPSA) is 87.7 Å². The van der Waals surface area contributed by atoms with Crippen molar-refractivity contribution in [1.82, 2.24) is 4.90 Å². The molecule has 1 heterocycles. The molecule has 0 radical (unpaired) electrons. The van der Waals surface area contributed by atoms with E-state index in [1.807, 2.05) is 60.7 Å². The van der Waals surface area contributed by atoms with Gasteiger partial charge in [0.05, 0.1) is 5.92 Å². The Morgan fingerprint density at radius 1 is 0.765 bits per heavy atom. The molecule has 3 amide bonds. The van der Waals surface area contributed by atoms with Crippen LogP contribution in [-0.2, 0) is 16.1 Å². The van der Waals surface area contributed by atoms with E-state index in [1.165, 1.54) is 0 Å². The Hall–Kier alpha value is -4.13. The number of nitrogens with zero attached hydrogens (tertiary/aromatic N) is 1. The molecule has 1 saturated heterocycles. The van der Waals surface area contributed by atoms with E-state index in [1.54, 1.807) is 29.2 Å². The van der Waals surface area contributed by atoms with Crippen molar-refractivity contribution in [3.8, 4) is 0 Å². The summed E-state index contributed by atoms with van der Waals surface area (Å²) in [5.41, 5.74) is 2.82. The average Bonchev–Trinajstić information content (AvgIpc) is 2.89. The summed E-state index contributed by atoms with van der Waals surface area (Å²) in [7, 11) is 0. The molecule has 0 unspecified atom stereocenters. The Balaban J connectivity index is 1.20. The van der Waals surface area contributed by atoms with Crippen molar-refractivity contribution in [2.24, 2.45) is 5.92 Å². The molecule has 7 heteroatoms. The van der Waals surface area contributed by atoms with Gasteiger partial charge in [0, 0.05) is 30.0 Å². The van der Waals surface area contributed by atoms with E-state index in [-0.39, 0.29) is 30.4 Å². The van der Waals surface area contributed by atoms with Gasteiger partial charge in [0.2, 0.25) is 0 Å². The van der Waals surface area contributed by atoms with Crippen LogP contribution in [0, 0.1) is 5.92 Å². The summed E-state index contributed by atoms with van der Waals surface area (Å²) < 4.78 is 5.50. The van der Waals surface area contributed by atoms with Gasteiger partial charge in [0.1, 0.15) is 6.61 Å². The van der Waals surface area contributed by atoms with Crippen LogP contribution in [0.25, 0.3) is 0 Å². The fourth-order valence-corrected chi connectivity index (χ4v) is 3.79. The second-order valence-corrected chi connectivity index (χ2v) is 8.18. The van der Waals surface area contributed by atoms with Crippen LogP contribution in [0.1, 0.15) is 28.8 Å². The van der Waals surface area contributed by atoms with Gasteiger partial charge in [-0.05, 0) is 54.8 Å². The molecule has 3 aromatic rings. The minimum absolute atomic E-state index is 0.147. The number of carbonyl (C=O) groups is 3. The molecule has 0 spiro atoms. The predicted octanol–water partition coefficient (Wildman–Crippen LogP) is 4.93. The number of urea groups is 1. The lowest BCUT2D eigenvalue weighted by molar-refractivity contribution is -0.151. The molecule has 1 aliphatic rings. The van der Waals surface area contributed by atoms with Crippen molar-refractivity contribution in [3.63, 3.8) is 0 Å². The zero-order valence-corrected chi connectivity index (χ0v) is 18.8. The van der Waals surface area contributed by atoms with E-state index in [0.29, 0.717) is 31.5 Å². The van der Waals surface area contributed by atoms with Crippen LogP contribution in [0.2, 0.25) is 0 Å². The third-order valence-corrected chi connectivity index (χ3v) is 5.77. The van der Waals surface area contributed by atoms with Crippen LogP contribution in [0.4, 0.5) is 16.2 Å².